The van der Waals surface area contributed by atoms with Crippen LogP contribution in [0.4, 0.5) is 13.2 Å². The van der Waals surface area contributed by atoms with Crippen LogP contribution >= 0.6 is 0 Å². The number of benzene rings is 1. The average molecular weight is 476 g/mol. The fourth-order valence-corrected chi connectivity index (χ4v) is 7.11. The zero-order valence-electron chi connectivity index (χ0n) is 19.2. The summed E-state index contributed by atoms with van der Waals surface area (Å²) in [6.45, 7) is 0. The van der Waals surface area contributed by atoms with Crippen LogP contribution < -0.4 is 0 Å². The van der Waals surface area contributed by atoms with Gasteiger partial charge in [-0.25, -0.2) is 9.59 Å². The van der Waals surface area contributed by atoms with Crippen LogP contribution in [-0.4, -0.2) is 36.6 Å². The number of hydrogen-bond donors (Lipinski definition) is 0. The minimum atomic E-state index is -4.48. The highest BCUT2D eigenvalue weighted by molar-refractivity contribution is 5.98. The summed E-state index contributed by atoms with van der Waals surface area (Å²) in [5.41, 5.74) is -0.124. The van der Waals surface area contributed by atoms with Crippen LogP contribution in [0.2, 0.25) is 0 Å². The number of rotatable bonds is 4. The predicted octanol–water partition coefficient (Wildman–Crippen LogP) is 5.19. The second-order valence-electron chi connectivity index (χ2n) is 10.3. The number of hydrogen-bond acceptors (Lipinski definition) is 5. The van der Waals surface area contributed by atoms with Gasteiger partial charge in [-0.2, -0.15) is 13.2 Å². The van der Waals surface area contributed by atoms with E-state index in [2.05, 4.69) is 0 Å². The normalized spacial score (nSPS) is 30.6. The zero-order chi connectivity index (χ0) is 24.3. The quantitative estimate of drug-likeness (QED) is 0.562. The lowest BCUT2D eigenvalue weighted by molar-refractivity contribution is -0.139. The summed E-state index contributed by atoms with van der Waals surface area (Å²) in [6.07, 6.45) is 5.75. The van der Waals surface area contributed by atoms with Crippen molar-refractivity contribution in [3.8, 4) is 0 Å². The molecule has 4 saturated carbocycles. The Balaban J connectivity index is 1.59. The molecule has 6 rings (SSSR count). The number of nitrogens with zero attached hydrogens (tertiary/aromatic N) is 1. The maximum absolute atomic E-state index is 13.1. The highest BCUT2D eigenvalue weighted by Gasteiger charge is 2.54. The maximum Gasteiger partial charge on any atom is 0.416 e. The first kappa shape index (κ1) is 23.0. The van der Waals surface area contributed by atoms with Crippen molar-refractivity contribution in [1.82, 2.24) is 4.90 Å². The van der Waals surface area contributed by atoms with Gasteiger partial charge in [0.1, 0.15) is 0 Å². The molecule has 182 valence electrons. The van der Waals surface area contributed by atoms with Crippen molar-refractivity contribution < 1.29 is 32.2 Å². The first-order valence-corrected chi connectivity index (χ1v) is 11.7. The van der Waals surface area contributed by atoms with Crippen molar-refractivity contribution in [2.24, 2.45) is 17.8 Å². The first-order chi connectivity index (χ1) is 16.1. The Hall–Kier alpha value is -2.77. The van der Waals surface area contributed by atoms with Gasteiger partial charge in [0, 0.05) is 17.9 Å². The smallest absolute Gasteiger partial charge is 0.416 e. The Kier molecular flexibility index (Phi) is 5.52. The maximum atomic E-state index is 13.1. The molecule has 8 heteroatoms. The van der Waals surface area contributed by atoms with Crippen LogP contribution in [0.1, 0.15) is 55.6 Å². The van der Waals surface area contributed by atoms with Gasteiger partial charge < -0.3 is 14.4 Å². The van der Waals surface area contributed by atoms with Crippen LogP contribution in [0.3, 0.4) is 0 Å². The van der Waals surface area contributed by atoms with Crippen molar-refractivity contribution in [2.75, 3.05) is 14.2 Å². The topological polar surface area (TPSA) is 55.8 Å². The number of carbonyl (C=O) groups is 2. The summed E-state index contributed by atoms with van der Waals surface area (Å²) < 4.78 is 49.5. The fraction of sp³-hybridized carbons (Fsp3) is 0.538. The Labute approximate surface area is 196 Å². The number of methoxy groups -OCH3 is 2. The molecule has 1 aromatic rings. The van der Waals surface area contributed by atoms with Crippen molar-refractivity contribution in [3.05, 3.63) is 58.9 Å². The van der Waals surface area contributed by atoms with E-state index in [1.807, 2.05) is 4.90 Å². The van der Waals surface area contributed by atoms with Gasteiger partial charge in [-0.3, -0.25) is 0 Å². The minimum absolute atomic E-state index is 0.168. The SMILES string of the molecule is COC(=O)C1=CN(C23CC4CC(CC(C4)C2)C3)C=C(C(=O)OC)C1c1ccc(C(F)(F)F)cc1. The van der Waals surface area contributed by atoms with E-state index in [-0.39, 0.29) is 16.7 Å². The lowest BCUT2D eigenvalue weighted by Crippen LogP contribution is -2.57. The summed E-state index contributed by atoms with van der Waals surface area (Å²) >= 11 is 0. The lowest BCUT2D eigenvalue weighted by Gasteiger charge is -2.60. The van der Waals surface area contributed by atoms with E-state index in [1.54, 1.807) is 12.4 Å². The Morgan fingerprint density at radius 3 is 1.68 bits per heavy atom. The molecule has 5 aliphatic rings. The van der Waals surface area contributed by atoms with Gasteiger partial charge in [0.25, 0.3) is 0 Å². The van der Waals surface area contributed by atoms with E-state index in [0.29, 0.717) is 23.3 Å². The van der Waals surface area contributed by atoms with Gasteiger partial charge in [0.15, 0.2) is 0 Å². The zero-order valence-corrected chi connectivity index (χ0v) is 19.2. The van der Waals surface area contributed by atoms with E-state index in [0.717, 1.165) is 31.4 Å². The average Bonchev–Trinajstić information content (AvgIpc) is 2.81. The molecule has 0 spiro atoms. The number of ether oxygens (including phenoxy) is 2. The van der Waals surface area contributed by atoms with E-state index in [4.69, 9.17) is 9.47 Å². The number of carbonyl (C=O) groups excluding carboxylic acids is 2. The molecule has 0 amide bonds. The number of esters is 2. The largest absolute Gasteiger partial charge is 0.466 e. The molecule has 0 saturated heterocycles. The summed E-state index contributed by atoms with van der Waals surface area (Å²) in [7, 11) is 2.52. The molecule has 0 unspecified atom stereocenters. The molecule has 34 heavy (non-hydrogen) atoms. The van der Waals surface area contributed by atoms with Crippen molar-refractivity contribution >= 4 is 11.9 Å². The van der Waals surface area contributed by atoms with Gasteiger partial charge in [0.2, 0.25) is 0 Å². The molecule has 0 aromatic heterocycles. The summed E-state index contributed by atoms with van der Waals surface area (Å²) in [5.74, 6) is -0.188. The van der Waals surface area contributed by atoms with E-state index >= 15 is 0 Å². The molecule has 1 heterocycles. The third-order valence-electron chi connectivity index (χ3n) is 8.15. The predicted molar refractivity (Wildman–Crippen MR) is 117 cm³/mol. The van der Waals surface area contributed by atoms with Gasteiger partial charge in [0.05, 0.1) is 36.8 Å². The first-order valence-electron chi connectivity index (χ1n) is 11.7. The van der Waals surface area contributed by atoms with E-state index < -0.39 is 29.6 Å². The van der Waals surface area contributed by atoms with Crippen molar-refractivity contribution in [1.29, 1.82) is 0 Å². The second kappa shape index (κ2) is 8.17. The van der Waals surface area contributed by atoms with Crippen LogP contribution in [0.25, 0.3) is 0 Å². The standard InChI is InChI=1S/C26H28F3NO4/c1-33-23(31)20-13-30(25-10-15-7-16(11-25)9-17(8-15)12-25)14-21(24(32)34-2)22(20)18-3-5-19(6-4-18)26(27,28)29/h3-6,13-17,22H,7-12H2,1-2H3. The van der Waals surface area contributed by atoms with Gasteiger partial charge >= 0.3 is 18.1 Å². The van der Waals surface area contributed by atoms with Crippen molar-refractivity contribution in [2.45, 2.75) is 56.2 Å². The second-order valence-corrected chi connectivity index (χ2v) is 10.3. The van der Waals surface area contributed by atoms with Gasteiger partial charge in [-0.1, -0.05) is 12.1 Å². The molecule has 0 radical (unpaired) electrons. The molecule has 1 aliphatic heterocycles. The van der Waals surface area contributed by atoms with E-state index in [1.165, 1.54) is 45.6 Å². The van der Waals surface area contributed by atoms with Crippen LogP contribution in [0, 0.1) is 17.8 Å². The highest BCUT2D eigenvalue weighted by atomic mass is 19.4. The molecule has 1 aromatic carbocycles. The van der Waals surface area contributed by atoms with Crippen LogP contribution in [0.15, 0.2) is 47.8 Å². The summed E-state index contributed by atoms with van der Waals surface area (Å²) in [4.78, 5) is 27.9. The summed E-state index contributed by atoms with van der Waals surface area (Å²) in [5, 5.41) is 0. The molecule has 4 fully saturated rings. The molecule has 0 N–H and O–H groups in total. The van der Waals surface area contributed by atoms with Crippen LogP contribution in [-0.2, 0) is 25.2 Å². The minimum Gasteiger partial charge on any atom is -0.466 e. The molecular weight excluding hydrogens is 447 g/mol. The molecule has 4 aliphatic carbocycles. The Morgan fingerprint density at radius 2 is 1.29 bits per heavy atom. The van der Waals surface area contributed by atoms with Gasteiger partial charge in [-0.15, -0.1) is 0 Å². The Morgan fingerprint density at radius 1 is 0.853 bits per heavy atom. The number of halogens is 3. The lowest BCUT2D eigenvalue weighted by atomic mass is 9.52. The fourth-order valence-electron chi connectivity index (χ4n) is 7.11. The molecule has 5 nitrogen and oxygen atoms in total. The van der Waals surface area contributed by atoms with Crippen LogP contribution in [0.5, 0.6) is 0 Å². The number of alkyl halides is 3. The molecular formula is C26H28F3NO4. The summed E-state index contributed by atoms with van der Waals surface area (Å²) in [6, 6.07) is 4.54. The van der Waals surface area contributed by atoms with Crippen molar-refractivity contribution in [3.63, 3.8) is 0 Å². The third-order valence-corrected chi connectivity index (χ3v) is 8.15. The monoisotopic (exact) mass is 475 g/mol. The Bertz CT molecular complexity index is 988. The highest BCUT2D eigenvalue weighted by Crippen LogP contribution is 2.59. The third kappa shape index (κ3) is 3.81. The van der Waals surface area contributed by atoms with Gasteiger partial charge in [-0.05, 0) is 74.0 Å². The molecule has 0 atom stereocenters. The molecule has 4 bridgehead atoms. The van der Waals surface area contributed by atoms with E-state index in [9.17, 15) is 22.8 Å².